The van der Waals surface area contributed by atoms with Crippen LogP contribution in [0.4, 0.5) is 0 Å². The Balaban J connectivity index is 2.00. The second kappa shape index (κ2) is 7.92. The van der Waals surface area contributed by atoms with Crippen LogP contribution in [0, 0.1) is 0 Å². The van der Waals surface area contributed by atoms with E-state index in [9.17, 15) is 19.5 Å². The van der Waals surface area contributed by atoms with Gasteiger partial charge < -0.3 is 15.5 Å². The van der Waals surface area contributed by atoms with E-state index in [1.165, 1.54) is 12.1 Å². The van der Waals surface area contributed by atoms with Crippen LogP contribution in [0.2, 0.25) is 0 Å². The number of nitrogens with one attached hydrogen (secondary N) is 1. The molecule has 1 atom stereocenters. The number of benzene rings is 2. The first-order valence-corrected chi connectivity index (χ1v) is 7.34. The lowest BCUT2D eigenvalue weighted by Crippen LogP contribution is -2.43. The first kappa shape index (κ1) is 17.2. The fourth-order valence-electron chi connectivity index (χ4n) is 2.25. The van der Waals surface area contributed by atoms with Crippen LogP contribution in [0.5, 0.6) is 0 Å². The summed E-state index contributed by atoms with van der Waals surface area (Å²) >= 11 is 0. The van der Waals surface area contributed by atoms with Crippen LogP contribution in [-0.2, 0) is 22.4 Å². The highest BCUT2D eigenvalue weighted by molar-refractivity contribution is 5.87. The topological polar surface area (TPSA) is 104 Å². The highest BCUT2D eigenvalue weighted by atomic mass is 16.4. The smallest absolute Gasteiger partial charge is 0.335 e. The van der Waals surface area contributed by atoms with Gasteiger partial charge in [0, 0.05) is 6.42 Å². The number of hydrogen-bond acceptors (Lipinski definition) is 3. The summed E-state index contributed by atoms with van der Waals surface area (Å²) in [5, 5.41) is 20.6. The van der Waals surface area contributed by atoms with Crippen LogP contribution in [0.25, 0.3) is 0 Å². The standard InChI is InChI=1S/C18H17NO5/c20-16(11-12-4-2-1-3-5-12)19-15(18(23)24)10-13-6-8-14(9-7-13)17(21)22/h1-9,15H,10-11H2,(H,19,20)(H,21,22)(H,23,24)/t15-/m1/s1. The molecule has 0 aliphatic heterocycles. The molecule has 0 aliphatic rings. The van der Waals surface area contributed by atoms with Crippen LogP contribution >= 0.6 is 0 Å². The first-order chi connectivity index (χ1) is 11.5. The third-order valence-corrected chi connectivity index (χ3v) is 3.48. The van der Waals surface area contributed by atoms with Gasteiger partial charge in [-0.15, -0.1) is 0 Å². The normalized spacial score (nSPS) is 11.5. The van der Waals surface area contributed by atoms with Crippen molar-refractivity contribution in [3.8, 4) is 0 Å². The molecule has 6 nitrogen and oxygen atoms in total. The number of carboxylic acids is 2. The van der Waals surface area contributed by atoms with Crippen LogP contribution in [0.1, 0.15) is 21.5 Å². The Morgan fingerprint density at radius 1 is 0.875 bits per heavy atom. The SMILES string of the molecule is O=C(Cc1ccccc1)N[C@H](Cc1ccc(C(=O)O)cc1)C(=O)O. The monoisotopic (exact) mass is 327 g/mol. The van der Waals surface area contributed by atoms with E-state index in [1.54, 1.807) is 36.4 Å². The zero-order valence-electron chi connectivity index (χ0n) is 12.8. The summed E-state index contributed by atoms with van der Waals surface area (Å²) in [5.74, 6) is -2.57. The number of carboxylic acid groups (broad SMARTS) is 2. The van der Waals surface area contributed by atoms with Crippen molar-refractivity contribution in [2.45, 2.75) is 18.9 Å². The van der Waals surface area contributed by atoms with Crippen LogP contribution in [0.3, 0.4) is 0 Å². The number of carbonyl (C=O) groups excluding carboxylic acids is 1. The molecule has 0 saturated heterocycles. The summed E-state index contributed by atoms with van der Waals surface area (Å²) in [6.07, 6.45) is 0.179. The van der Waals surface area contributed by atoms with Crippen LogP contribution in [-0.4, -0.2) is 34.1 Å². The van der Waals surface area contributed by atoms with E-state index in [-0.39, 0.29) is 24.3 Å². The number of amides is 1. The van der Waals surface area contributed by atoms with Gasteiger partial charge in [-0.3, -0.25) is 4.79 Å². The predicted octanol–water partition coefficient (Wildman–Crippen LogP) is 1.74. The lowest BCUT2D eigenvalue weighted by atomic mass is 10.0. The molecule has 2 aromatic carbocycles. The maximum Gasteiger partial charge on any atom is 0.335 e. The Morgan fingerprint density at radius 2 is 1.50 bits per heavy atom. The molecule has 0 aromatic heterocycles. The molecule has 3 N–H and O–H groups in total. The maximum absolute atomic E-state index is 12.0. The lowest BCUT2D eigenvalue weighted by molar-refractivity contribution is -0.141. The van der Waals surface area contributed by atoms with Crippen LogP contribution < -0.4 is 5.32 Å². The summed E-state index contributed by atoms with van der Waals surface area (Å²) in [7, 11) is 0. The second-order valence-electron chi connectivity index (χ2n) is 5.33. The van der Waals surface area contributed by atoms with Crippen molar-refractivity contribution >= 4 is 17.8 Å². The van der Waals surface area contributed by atoms with E-state index in [0.29, 0.717) is 5.56 Å². The molecular weight excluding hydrogens is 310 g/mol. The van der Waals surface area contributed by atoms with Gasteiger partial charge in [0.2, 0.25) is 5.91 Å². The minimum absolute atomic E-state index is 0.0791. The number of carbonyl (C=O) groups is 3. The van der Waals surface area contributed by atoms with Gasteiger partial charge in [0.05, 0.1) is 12.0 Å². The number of rotatable bonds is 7. The minimum atomic E-state index is -1.14. The molecule has 24 heavy (non-hydrogen) atoms. The van der Waals surface area contributed by atoms with Gasteiger partial charge in [0.25, 0.3) is 0 Å². The average molecular weight is 327 g/mol. The van der Waals surface area contributed by atoms with Crippen molar-refractivity contribution in [3.05, 3.63) is 71.3 Å². The molecule has 0 saturated carbocycles. The fourth-order valence-corrected chi connectivity index (χ4v) is 2.25. The molecule has 0 spiro atoms. The zero-order valence-corrected chi connectivity index (χ0v) is 12.8. The number of aromatic carboxylic acids is 1. The Hall–Kier alpha value is -3.15. The minimum Gasteiger partial charge on any atom is -0.480 e. The molecule has 6 heteroatoms. The van der Waals surface area contributed by atoms with Crippen molar-refractivity contribution < 1.29 is 24.6 Å². The summed E-state index contributed by atoms with van der Waals surface area (Å²) in [5.41, 5.74) is 1.55. The molecule has 0 unspecified atom stereocenters. The highest BCUT2D eigenvalue weighted by Gasteiger charge is 2.20. The predicted molar refractivity (Wildman–Crippen MR) is 86.8 cm³/mol. The first-order valence-electron chi connectivity index (χ1n) is 7.34. The number of aliphatic carboxylic acids is 1. The molecule has 2 rings (SSSR count). The molecule has 0 heterocycles. The summed E-state index contributed by atoms with van der Waals surface area (Å²) in [6.45, 7) is 0. The van der Waals surface area contributed by atoms with Crippen molar-refractivity contribution in [1.29, 1.82) is 0 Å². The zero-order chi connectivity index (χ0) is 17.5. The molecule has 0 aliphatic carbocycles. The largest absolute Gasteiger partial charge is 0.480 e. The van der Waals surface area contributed by atoms with E-state index in [0.717, 1.165) is 5.56 Å². The number of hydrogen-bond donors (Lipinski definition) is 3. The Bertz CT molecular complexity index is 725. The third-order valence-electron chi connectivity index (χ3n) is 3.48. The van der Waals surface area contributed by atoms with Gasteiger partial charge >= 0.3 is 11.9 Å². The van der Waals surface area contributed by atoms with Gasteiger partial charge in [0.1, 0.15) is 6.04 Å². The van der Waals surface area contributed by atoms with Gasteiger partial charge in [-0.25, -0.2) is 9.59 Å². The van der Waals surface area contributed by atoms with Crippen LogP contribution in [0.15, 0.2) is 54.6 Å². The molecule has 2 aromatic rings. The van der Waals surface area contributed by atoms with Gasteiger partial charge in [-0.05, 0) is 23.3 Å². The summed E-state index contributed by atoms with van der Waals surface area (Å²) < 4.78 is 0. The van der Waals surface area contributed by atoms with Gasteiger partial charge in [0.15, 0.2) is 0 Å². The van der Waals surface area contributed by atoms with E-state index >= 15 is 0 Å². The second-order valence-corrected chi connectivity index (χ2v) is 5.33. The molecule has 1 amide bonds. The molecule has 124 valence electrons. The molecule has 0 bridgehead atoms. The van der Waals surface area contributed by atoms with Crippen molar-refractivity contribution in [2.24, 2.45) is 0 Å². The quantitative estimate of drug-likeness (QED) is 0.718. The summed E-state index contributed by atoms with van der Waals surface area (Å²) in [4.78, 5) is 34.2. The fraction of sp³-hybridized carbons (Fsp3) is 0.167. The highest BCUT2D eigenvalue weighted by Crippen LogP contribution is 2.08. The van der Waals surface area contributed by atoms with E-state index in [1.807, 2.05) is 6.07 Å². The van der Waals surface area contributed by atoms with Gasteiger partial charge in [-0.1, -0.05) is 42.5 Å². The van der Waals surface area contributed by atoms with Gasteiger partial charge in [-0.2, -0.15) is 0 Å². The van der Waals surface area contributed by atoms with Crippen molar-refractivity contribution in [1.82, 2.24) is 5.32 Å². The van der Waals surface area contributed by atoms with E-state index in [4.69, 9.17) is 5.11 Å². The Kier molecular flexibility index (Phi) is 5.68. The van der Waals surface area contributed by atoms with Crippen molar-refractivity contribution in [3.63, 3.8) is 0 Å². The third kappa shape index (κ3) is 4.95. The summed E-state index contributed by atoms with van der Waals surface area (Å²) in [6, 6.07) is 13.9. The van der Waals surface area contributed by atoms with E-state index < -0.39 is 18.0 Å². The average Bonchev–Trinajstić information content (AvgIpc) is 2.55. The molecular formula is C18H17NO5. The molecule has 0 fully saturated rings. The molecule has 0 radical (unpaired) electrons. The van der Waals surface area contributed by atoms with Crippen molar-refractivity contribution in [2.75, 3.05) is 0 Å². The lowest BCUT2D eigenvalue weighted by Gasteiger charge is -2.15. The Labute approximate surface area is 138 Å². The maximum atomic E-state index is 12.0. The Morgan fingerprint density at radius 3 is 2.04 bits per heavy atom. The van der Waals surface area contributed by atoms with E-state index in [2.05, 4.69) is 5.32 Å².